The van der Waals surface area contributed by atoms with Crippen molar-refractivity contribution in [1.82, 2.24) is 20.5 Å². The molecule has 148 valence electrons. The Hall–Kier alpha value is -2.41. The predicted molar refractivity (Wildman–Crippen MR) is 106 cm³/mol. The molecule has 0 amide bonds. The highest BCUT2D eigenvalue weighted by molar-refractivity contribution is 5.79. The monoisotopic (exact) mass is 375 g/mol. The molecule has 0 radical (unpaired) electrons. The fraction of sp³-hybridized carbons (Fsp3) is 0.500. The minimum Gasteiger partial charge on any atom is -0.443 e. The molecular weight excluding hydrogens is 345 g/mol. The second kappa shape index (κ2) is 9.50. The van der Waals surface area contributed by atoms with Crippen molar-refractivity contribution in [2.24, 2.45) is 4.99 Å². The summed E-state index contributed by atoms with van der Waals surface area (Å²) in [5, 5.41) is 6.47. The van der Waals surface area contributed by atoms with Crippen molar-refractivity contribution in [3.8, 4) is 0 Å². The number of nitrogens with zero attached hydrogens (tertiary/aromatic N) is 3. The molecule has 0 aliphatic rings. The first-order valence-electron chi connectivity index (χ1n) is 9.10. The van der Waals surface area contributed by atoms with E-state index in [1.54, 1.807) is 13.2 Å². The zero-order valence-corrected chi connectivity index (χ0v) is 16.8. The van der Waals surface area contributed by atoms with Crippen LogP contribution in [0.5, 0.6) is 0 Å². The van der Waals surface area contributed by atoms with Gasteiger partial charge in [-0.1, -0.05) is 32.9 Å². The highest BCUT2D eigenvalue weighted by Crippen LogP contribution is 2.22. The summed E-state index contributed by atoms with van der Waals surface area (Å²) in [7, 11) is 3.76. The van der Waals surface area contributed by atoms with Crippen LogP contribution in [0.3, 0.4) is 0 Å². The topological polar surface area (TPSA) is 65.7 Å². The Bertz CT molecular complexity index is 734. The SMILES string of the molecule is CN=C(NCCN(C)Cc1ccc(F)cc1)NCc1ncc(C(C)(C)C)o1. The summed E-state index contributed by atoms with van der Waals surface area (Å²) in [5.74, 6) is 1.99. The van der Waals surface area contributed by atoms with Crippen LogP contribution in [-0.4, -0.2) is 43.0 Å². The normalized spacial score (nSPS) is 12.5. The summed E-state index contributed by atoms with van der Waals surface area (Å²) in [4.78, 5) is 10.7. The van der Waals surface area contributed by atoms with E-state index in [-0.39, 0.29) is 11.2 Å². The number of hydrogen-bond donors (Lipinski definition) is 2. The molecule has 0 fully saturated rings. The maximum Gasteiger partial charge on any atom is 0.213 e. The first-order valence-corrected chi connectivity index (χ1v) is 9.10. The number of oxazole rings is 1. The molecule has 1 aromatic heterocycles. The fourth-order valence-corrected chi connectivity index (χ4v) is 2.46. The van der Waals surface area contributed by atoms with Gasteiger partial charge in [-0.3, -0.25) is 4.99 Å². The lowest BCUT2D eigenvalue weighted by Crippen LogP contribution is -2.40. The van der Waals surface area contributed by atoms with Gasteiger partial charge in [-0.15, -0.1) is 0 Å². The number of hydrogen-bond acceptors (Lipinski definition) is 4. The largest absolute Gasteiger partial charge is 0.443 e. The lowest BCUT2D eigenvalue weighted by Gasteiger charge is -2.18. The number of likely N-dealkylation sites (N-methyl/N-ethyl adjacent to an activating group) is 1. The third kappa shape index (κ3) is 7.02. The van der Waals surface area contributed by atoms with E-state index >= 15 is 0 Å². The molecule has 6 nitrogen and oxygen atoms in total. The predicted octanol–water partition coefficient (Wildman–Crippen LogP) is 2.91. The molecule has 0 saturated heterocycles. The molecule has 27 heavy (non-hydrogen) atoms. The Morgan fingerprint density at radius 2 is 1.93 bits per heavy atom. The zero-order chi connectivity index (χ0) is 19.9. The number of aromatic nitrogens is 1. The second-order valence-electron chi connectivity index (χ2n) is 7.59. The number of rotatable bonds is 7. The number of aliphatic imine (C=N–C) groups is 1. The first-order chi connectivity index (χ1) is 12.8. The lowest BCUT2D eigenvalue weighted by molar-refractivity contribution is 0.330. The van der Waals surface area contributed by atoms with Crippen molar-refractivity contribution in [3.63, 3.8) is 0 Å². The average Bonchev–Trinajstić information content (AvgIpc) is 3.09. The van der Waals surface area contributed by atoms with Gasteiger partial charge in [0.2, 0.25) is 5.89 Å². The summed E-state index contributed by atoms with van der Waals surface area (Å²) >= 11 is 0. The summed E-state index contributed by atoms with van der Waals surface area (Å²) in [6.45, 7) is 9.07. The summed E-state index contributed by atoms with van der Waals surface area (Å²) < 4.78 is 18.7. The minimum atomic E-state index is -0.210. The van der Waals surface area contributed by atoms with E-state index in [0.29, 0.717) is 18.4 Å². The van der Waals surface area contributed by atoms with Crippen LogP contribution in [0.25, 0.3) is 0 Å². The van der Waals surface area contributed by atoms with E-state index in [0.717, 1.165) is 31.0 Å². The minimum absolute atomic E-state index is 0.0553. The molecule has 0 spiro atoms. The van der Waals surface area contributed by atoms with Gasteiger partial charge in [0, 0.05) is 32.1 Å². The Morgan fingerprint density at radius 1 is 1.22 bits per heavy atom. The lowest BCUT2D eigenvalue weighted by atomic mass is 9.94. The van der Waals surface area contributed by atoms with Crippen LogP contribution in [0.15, 0.2) is 39.9 Å². The zero-order valence-electron chi connectivity index (χ0n) is 16.8. The average molecular weight is 375 g/mol. The van der Waals surface area contributed by atoms with Gasteiger partial charge in [-0.05, 0) is 24.7 Å². The Morgan fingerprint density at radius 3 is 2.52 bits per heavy atom. The summed E-state index contributed by atoms with van der Waals surface area (Å²) in [6.07, 6.45) is 1.78. The van der Waals surface area contributed by atoms with E-state index < -0.39 is 0 Å². The van der Waals surface area contributed by atoms with Gasteiger partial charge >= 0.3 is 0 Å². The third-order valence-electron chi connectivity index (χ3n) is 4.08. The molecule has 7 heteroatoms. The van der Waals surface area contributed by atoms with Crippen molar-refractivity contribution in [2.75, 3.05) is 27.2 Å². The number of halogens is 1. The van der Waals surface area contributed by atoms with Crippen molar-refractivity contribution >= 4 is 5.96 Å². The van der Waals surface area contributed by atoms with E-state index in [1.165, 1.54) is 12.1 Å². The maximum absolute atomic E-state index is 13.0. The molecule has 2 rings (SSSR count). The van der Waals surface area contributed by atoms with Crippen LogP contribution in [0, 0.1) is 5.82 Å². The van der Waals surface area contributed by atoms with Crippen LogP contribution < -0.4 is 10.6 Å². The van der Waals surface area contributed by atoms with E-state index in [4.69, 9.17) is 4.42 Å². The molecule has 0 unspecified atom stereocenters. The highest BCUT2D eigenvalue weighted by atomic mass is 19.1. The molecule has 1 aromatic carbocycles. The smallest absolute Gasteiger partial charge is 0.213 e. The summed E-state index contributed by atoms with van der Waals surface area (Å²) in [5.41, 5.74) is 1.03. The standard InChI is InChI=1S/C20H30FN5O/c1-20(2,3)17-12-24-18(27-17)13-25-19(22-4)23-10-11-26(5)14-15-6-8-16(21)9-7-15/h6-9,12H,10-11,13-14H2,1-5H3,(H2,22,23,25). The van der Waals surface area contributed by atoms with Crippen molar-refractivity contribution in [1.29, 1.82) is 0 Å². The number of benzene rings is 1. The van der Waals surface area contributed by atoms with Gasteiger partial charge in [0.15, 0.2) is 5.96 Å². The molecule has 0 aliphatic heterocycles. The van der Waals surface area contributed by atoms with Gasteiger partial charge < -0.3 is 20.0 Å². The van der Waals surface area contributed by atoms with Crippen LogP contribution in [0.2, 0.25) is 0 Å². The maximum atomic E-state index is 13.0. The van der Waals surface area contributed by atoms with E-state index in [1.807, 2.05) is 19.2 Å². The van der Waals surface area contributed by atoms with E-state index in [9.17, 15) is 4.39 Å². The number of nitrogens with one attached hydrogen (secondary N) is 2. The van der Waals surface area contributed by atoms with Gasteiger partial charge in [0.1, 0.15) is 11.6 Å². The quantitative estimate of drug-likeness (QED) is 0.575. The Kier molecular flexibility index (Phi) is 7.36. The van der Waals surface area contributed by atoms with Gasteiger partial charge in [0.25, 0.3) is 0 Å². The molecule has 0 aliphatic carbocycles. The van der Waals surface area contributed by atoms with Gasteiger partial charge in [-0.25, -0.2) is 9.37 Å². The van der Waals surface area contributed by atoms with Crippen LogP contribution in [0.4, 0.5) is 4.39 Å². The van der Waals surface area contributed by atoms with Crippen molar-refractivity contribution < 1.29 is 8.81 Å². The van der Waals surface area contributed by atoms with Crippen LogP contribution in [-0.2, 0) is 18.5 Å². The summed E-state index contributed by atoms with van der Waals surface area (Å²) in [6, 6.07) is 6.59. The molecule has 0 bridgehead atoms. The van der Waals surface area contributed by atoms with Crippen LogP contribution in [0.1, 0.15) is 38.0 Å². The first kappa shape index (κ1) is 20.9. The molecule has 0 saturated carbocycles. The number of guanidine groups is 1. The van der Waals surface area contributed by atoms with Crippen molar-refractivity contribution in [3.05, 3.63) is 53.5 Å². The molecule has 1 heterocycles. The molecule has 0 atom stereocenters. The van der Waals surface area contributed by atoms with Crippen LogP contribution >= 0.6 is 0 Å². The third-order valence-corrected chi connectivity index (χ3v) is 4.08. The Balaban J connectivity index is 1.72. The van der Waals surface area contributed by atoms with E-state index in [2.05, 4.69) is 46.3 Å². The molecule has 2 aromatic rings. The highest BCUT2D eigenvalue weighted by Gasteiger charge is 2.19. The van der Waals surface area contributed by atoms with Gasteiger partial charge in [0.05, 0.1) is 12.7 Å². The van der Waals surface area contributed by atoms with Gasteiger partial charge in [-0.2, -0.15) is 0 Å². The molecular formula is C20H30FN5O. The molecule has 2 N–H and O–H groups in total. The fourth-order valence-electron chi connectivity index (χ4n) is 2.46. The second-order valence-corrected chi connectivity index (χ2v) is 7.59. The Labute approximate surface area is 160 Å². The van der Waals surface area contributed by atoms with Crippen molar-refractivity contribution in [2.45, 2.75) is 39.3 Å².